The summed E-state index contributed by atoms with van der Waals surface area (Å²) in [6, 6.07) is 13.9. The Morgan fingerprint density at radius 2 is 1.96 bits per heavy atom. The molecule has 1 N–H and O–H groups in total. The lowest BCUT2D eigenvalue weighted by Gasteiger charge is -2.23. The van der Waals surface area contributed by atoms with Gasteiger partial charge in [-0.25, -0.2) is 4.39 Å². The van der Waals surface area contributed by atoms with Gasteiger partial charge in [-0.15, -0.1) is 0 Å². The highest BCUT2D eigenvalue weighted by Gasteiger charge is 2.14. The standard InChI is InChI=1S/C19H22ClFN2O/c1-3-23(13-15-5-4-6-18(21)11-15)19(24)12-22-14(2)16-7-9-17(20)10-8-16/h4-11,14,22H,3,12-13H2,1-2H3. The van der Waals surface area contributed by atoms with Gasteiger partial charge in [-0.1, -0.05) is 35.9 Å². The van der Waals surface area contributed by atoms with Crippen molar-refractivity contribution in [1.29, 1.82) is 0 Å². The Morgan fingerprint density at radius 3 is 2.58 bits per heavy atom. The quantitative estimate of drug-likeness (QED) is 0.814. The number of halogens is 2. The number of likely N-dealkylation sites (N-methyl/N-ethyl adjacent to an activating group) is 1. The number of rotatable bonds is 7. The van der Waals surface area contributed by atoms with Gasteiger partial charge in [0.1, 0.15) is 5.82 Å². The minimum absolute atomic E-state index is 0.0115. The number of carbonyl (C=O) groups is 1. The van der Waals surface area contributed by atoms with E-state index < -0.39 is 0 Å². The highest BCUT2D eigenvalue weighted by molar-refractivity contribution is 6.30. The number of carbonyl (C=O) groups excluding carboxylic acids is 1. The second-order valence-electron chi connectivity index (χ2n) is 5.69. The maximum absolute atomic E-state index is 13.3. The van der Waals surface area contributed by atoms with Crippen LogP contribution in [0.25, 0.3) is 0 Å². The van der Waals surface area contributed by atoms with Gasteiger partial charge in [0.05, 0.1) is 6.54 Å². The molecule has 1 unspecified atom stereocenters. The van der Waals surface area contributed by atoms with Crippen LogP contribution in [0.4, 0.5) is 4.39 Å². The van der Waals surface area contributed by atoms with Crippen molar-refractivity contribution >= 4 is 17.5 Å². The van der Waals surface area contributed by atoms with E-state index in [1.165, 1.54) is 12.1 Å². The zero-order valence-electron chi connectivity index (χ0n) is 13.9. The Hall–Kier alpha value is -1.91. The molecule has 3 nitrogen and oxygen atoms in total. The fourth-order valence-corrected chi connectivity index (χ4v) is 2.58. The Labute approximate surface area is 147 Å². The third kappa shape index (κ3) is 5.32. The number of benzene rings is 2. The third-order valence-electron chi connectivity index (χ3n) is 3.93. The molecule has 0 spiro atoms. The van der Waals surface area contributed by atoms with E-state index >= 15 is 0 Å². The molecule has 2 aromatic carbocycles. The van der Waals surface area contributed by atoms with Gasteiger partial charge in [-0.3, -0.25) is 4.79 Å². The molecule has 0 radical (unpaired) electrons. The fraction of sp³-hybridized carbons (Fsp3) is 0.316. The molecule has 0 bridgehead atoms. The lowest BCUT2D eigenvalue weighted by molar-refractivity contribution is -0.130. The van der Waals surface area contributed by atoms with Crippen molar-refractivity contribution in [2.24, 2.45) is 0 Å². The highest BCUT2D eigenvalue weighted by Crippen LogP contribution is 2.16. The Balaban J connectivity index is 1.90. The van der Waals surface area contributed by atoms with Crippen molar-refractivity contribution < 1.29 is 9.18 Å². The molecule has 0 aliphatic rings. The first-order chi connectivity index (χ1) is 11.5. The summed E-state index contributed by atoms with van der Waals surface area (Å²) in [5, 5.41) is 3.91. The molecule has 1 atom stereocenters. The molecule has 24 heavy (non-hydrogen) atoms. The van der Waals surface area contributed by atoms with Gasteiger partial charge in [-0.05, 0) is 49.2 Å². The first-order valence-corrected chi connectivity index (χ1v) is 8.38. The van der Waals surface area contributed by atoms with Crippen LogP contribution < -0.4 is 5.32 Å². The molecule has 0 aromatic heterocycles. The van der Waals surface area contributed by atoms with Crippen molar-refractivity contribution in [1.82, 2.24) is 10.2 Å². The van der Waals surface area contributed by atoms with Gasteiger partial charge >= 0.3 is 0 Å². The molecule has 0 aliphatic carbocycles. The summed E-state index contributed by atoms with van der Waals surface area (Å²) in [5.41, 5.74) is 1.86. The zero-order valence-corrected chi connectivity index (χ0v) is 14.7. The van der Waals surface area contributed by atoms with Crippen LogP contribution in [0.15, 0.2) is 48.5 Å². The van der Waals surface area contributed by atoms with E-state index in [1.54, 1.807) is 11.0 Å². The van der Waals surface area contributed by atoms with Crippen LogP contribution in [-0.2, 0) is 11.3 Å². The summed E-state index contributed by atoms with van der Waals surface area (Å²) in [5.74, 6) is -0.298. The molecule has 5 heteroatoms. The summed E-state index contributed by atoms with van der Waals surface area (Å²) < 4.78 is 13.3. The summed E-state index contributed by atoms with van der Waals surface area (Å²) in [6.45, 7) is 5.13. The summed E-state index contributed by atoms with van der Waals surface area (Å²) in [7, 11) is 0. The normalized spacial score (nSPS) is 12.0. The van der Waals surface area contributed by atoms with Gasteiger partial charge in [0, 0.05) is 24.2 Å². The van der Waals surface area contributed by atoms with Gasteiger partial charge in [0.15, 0.2) is 0 Å². The van der Waals surface area contributed by atoms with Gasteiger partial charge in [0.2, 0.25) is 5.91 Å². The molecule has 2 aromatic rings. The molecular formula is C19H22ClFN2O. The van der Waals surface area contributed by atoms with Crippen LogP contribution >= 0.6 is 11.6 Å². The zero-order chi connectivity index (χ0) is 17.5. The van der Waals surface area contributed by atoms with E-state index in [2.05, 4.69) is 5.32 Å². The smallest absolute Gasteiger partial charge is 0.236 e. The molecule has 0 heterocycles. The maximum Gasteiger partial charge on any atom is 0.236 e. The van der Waals surface area contributed by atoms with Crippen LogP contribution in [0.2, 0.25) is 5.02 Å². The number of amides is 1. The molecule has 1 amide bonds. The predicted molar refractivity (Wildman–Crippen MR) is 95.4 cm³/mol. The largest absolute Gasteiger partial charge is 0.338 e. The van der Waals surface area contributed by atoms with Crippen molar-refractivity contribution in [2.75, 3.05) is 13.1 Å². The molecule has 0 saturated carbocycles. The number of nitrogens with zero attached hydrogens (tertiary/aromatic N) is 1. The Bertz CT molecular complexity index is 675. The monoisotopic (exact) mass is 348 g/mol. The van der Waals surface area contributed by atoms with Crippen molar-refractivity contribution in [3.8, 4) is 0 Å². The Morgan fingerprint density at radius 1 is 1.25 bits per heavy atom. The molecule has 0 fully saturated rings. The van der Waals surface area contributed by atoms with Gasteiger partial charge in [0.25, 0.3) is 0 Å². The van der Waals surface area contributed by atoms with E-state index in [-0.39, 0.29) is 24.3 Å². The second-order valence-corrected chi connectivity index (χ2v) is 6.13. The van der Waals surface area contributed by atoms with E-state index in [0.717, 1.165) is 11.1 Å². The first kappa shape index (κ1) is 18.4. The first-order valence-electron chi connectivity index (χ1n) is 8.00. The topological polar surface area (TPSA) is 32.3 Å². The minimum atomic E-state index is -0.287. The second kappa shape index (κ2) is 8.81. The van der Waals surface area contributed by atoms with E-state index in [1.807, 2.05) is 44.2 Å². The Kier molecular flexibility index (Phi) is 6.76. The minimum Gasteiger partial charge on any atom is -0.338 e. The molecule has 0 aliphatic heterocycles. The number of hydrogen-bond donors (Lipinski definition) is 1. The molecule has 2 rings (SSSR count). The average Bonchev–Trinajstić information content (AvgIpc) is 2.58. The molecule has 0 saturated heterocycles. The number of nitrogens with one attached hydrogen (secondary N) is 1. The van der Waals surface area contributed by atoms with Crippen LogP contribution in [0.5, 0.6) is 0 Å². The van der Waals surface area contributed by atoms with Crippen molar-refractivity contribution in [2.45, 2.75) is 26.4 Å². The van der Waals surface area contributed by atoms with Crippen molar-refractivity contribution in [3.05, 3.63) is 70.5 Å². The van der Waals surface area contributed by atoms with Crippen LogP contribution in [0.1, 0.15) is 31.0 Å². The average molecular weight is 349 g/mol. The van der Waals surface area contributed by atoms with Gasteiger partial charge < -0.3 is 10.2 Å². The summed E-state index contributed by atoms with van der Waals surface area (Å²) in [4.78, 5) is 14.1. The SMILES string of the molecule is CCN(Cc1cccc(F)c1)C(=O)CNC(C)c1ccc(Cl)cc1. The number of hydrogen-bond acceptors (Lipinski definition) is 2. The van der Waals surface area contributed by atoms with Gasteiger partial charge in [-0.2, -0.15) is 0 Å². The third-order valence-corrected chi connectivity index (χ3v) is 4.18. The fourth-order valence-electron chi connectivity index (χ4n) is 2.45. The predicted octanol–water partition coefficient (Wildman–Crippen LogP) is 4.18. The molecular weight excluding hydrogens is 327 g/mol. The lowest BCUT2D eigenvalue weighted by Crippen LogP contribution is -2.38. The lowest BCUT2D eigenvalue weighted by atomic mass is 10.1. The van der Waals surface area contributed by atoms with E-state index in [0.29, 0.717) is 18.1 Å². The van der Waals surface area contributed by atoms with Crippen LogP contribution in [0, 0.1) is 5.82 Å². The maximum atomic E-state index is 13.3. The van der Waals surface area contributed by atoms with Crippen molar-refractivity contribution in [3.63, 3.8) is 0 Å². The highest BCUT2D eigenvalue weighted by atomic mass is 35.5. The van der Waals surface area contributed by atoms with Crippen LogP contribution in [-0.4, -0.2) is 23.9 Å². The van der Waals surface area contributed by atoms with E-state index in [9.17, 15) is 9.18 Å². The summed E-state index contributed by atoms with van der Waals surface area (Å²) in [6.07, 6.45) is 0. The molecule has 128 valence electrons. The van der Waals surface area contributed by atoms with Crippen LogP contribution in [0.3, 0.4) is 0 Å². The van der Waals surface area contributed by atoms with E-state index in [4.69, 9.17) is 11.6 Å². The summed E-state index contributed by atoms with van der Waals surface area (Å²) >= 11 is 5.88.